The van der Waals surface area contributed by atoms with Crippen LogP contribution in [0.25, 0.3) is 0 Å². The Labute approximate surface area is 113 Å². The number of nitriles is 1. The summed E-state index contributed by atoms with van der Waals surface area (Å²) in [7, 11) is -2.21. The van der Waals surface area contributed by atoms with Crippen LogP contribution in [-0.2, 0) is 10.0 Å². The molecule has 0 fully saturated rings. The third-order valence-corrected chi connectivity index (χ3v) is 4.97. The van der Waals surface area contributed by atoms with Gasteiger partial charge >= 0.3 is 0 Å². The van der Waals surface area contributed by atoms with Gasteiger partial charge in [-0.25, -0.2) is 13.4 Å². The van der Waals surface area contributed by atoms with Gasteiger partial charge in [-0.15, -0.1) is 0 Å². The van der Waals surface area contributed by atoms with Crippen molar-refractivity contribution in [3.63, 3.8) is 0 Å². The minimum Gasteiger partial charge on any atom is -0.242 e. The number of pyridine rings is 1. The molecule has 0 amide bonds. The highest BCUT2D eigenvalue weighted by atomic mass is 79.9. The third kappa shape index (κ3) is 3.39. The van der Waals surface area contributed by atoms with E-state index in [-0.39, 0.29) is 23.0 Å². The highest BCUT2D eigenvalue weighted by molar-refractivity contribution is 9.10. The molecule has 0 bridgehead atoms. The minimum atomic E-state index is -3.62. The maximum Gasteiger partial charge on any atom is 0.244 e. The first kappa shape index (κ1) is 14.4. The normalized spacial score (nSPS) is 11.5. The van der Waals surface area contributed by atoms with E-state index in [9.17, 15) is 8.42 Å². The second-order valence-corrected chi connectivity index (χ2v) is 6.44. The van der Waals surface area contributed by atoms with Crippen molar-refractivity contribution in [3.05, 3.63) is 21.9 Å². The van der Waals surface area contributed by atoms with E-state index < -0.39 is 10.0 Å². The van der Waals surface area contributed by atoms with Gasteiger partial charge in [0.05, 0.1) is 10.5 Å². The van der Waals surface area contributed by atoms with Crippen LogP contribution in [0.4, 0.5) is 0 Å². The summed E-state index contributed by atoms with van der Waals surface area (Å²) in [5.41, 5.74) is 0. The molecule has 0 aromatic carbocycles. The largest absolute Gasteiger partial charge is 0.244 e. The van der Waals surface area contributed by atoms with E-state index in [2.05, 4.69) is 20.9 Å². The van der Waals surface area contributed by atoms with Crippen LogP contribution in [0.15, 0.2) is 21.6 Å². The minimum absolute atomic E-state index is 0.0363. The SMILES string of the molecule is CN(CCC#N)S(=O)(=O)c1cnc(Cl)c(Br)c1. The molecule has 0 spiro atoms. The third-order valence-electron chi connectivity index (χ3n) is 2.02. The number of nitrogens with zero attached hydrogens (tertiary/aromatic N) is 3. The molecule has 0 atom stereocenters. The summed E-state index contributed by atoms with van der Waals surface area (Å²) >= 11 is 8.79. The molecule has 0 saturated heterocycles. The molecule has 1 heterocycles. The fourth-order valence-electron chi connectivity index (χ4n) is 1.05. The van der Waals surface area contributed by atoms with Gasteiger partial charge in [0.25, 0.3) is 0 Å². The fourth-order valence-corrected chi connectivity index (χ4v) is 2.80. The van der Waals surface area contributed by atoms with Crippen LogP contribution < -0.4 is 0 Å². The van der Waals surface area contributed by atoms with E-state index in [1.165, 1.54) is 19.3 Å². The maximum atomic E-state index is 12.0. The maximum absolute atomic E-state index is 12.0. The van der Waals surface area contributed by atoms with E-state index >= 15 is 0 Å². The number of halogens is 2. The van der Waals surface area contributed by atoms with Crippen LogP contribution in [0.5, 0.6) is 0 Å². The number of rotatable bonds is 4. The molecule has 0 N–H and O–H groups in total. The summed E-state index contributed by atoms with van der Waals surface area (Å²) in [4.78, 5) is 3.79. The zero-order valence-corrected chi connectivity index (χ0v) is 12.0. The Bertz CT molecular complexity index is 556. The topological polar surface area (TPSA) is 74.1 Å². The summed E-state index contributed by atoms with van der Waals surface area (Å²) in [5.74, 6) is 0. The van der Waals surface area contributed by atoms with Crippen molar-refractivity contribution < 1.29 is 8.42 Å². The number of sulfonamides is 1. The van der Waals surface area contributed by atoms with Gasteiger partial charge in [0.1, 0.15) is 10.0 Å². The van der Waals surface area contributed by atoms with Crippen molar-refractivity contribution in [3.8, 4) is 6.07 Å². The molecule has 1 aromatic heterocycles. The van der Waals surface area contributed by atoms with Crippen LogP contribution in [0.2, 0.25) is 5.15 Å². The van der Waals surface area contributed by atoms with Crippen molar-refractivity contribution in [1.82, 2.24) is 9.29 Å². The number of aromatic nitrogens is 1. The Morgan fingerprint density at radius 3 is 2.82 bits per heavy atom. The average molecular weight is 339 g/mol. The van der Waals surface area contributed by atoms with Crippen molar-refractivity contribution in [2.24, 2.45) is 0 Å². The zero-order chi connectivity index (χ0) is 13.1. The zero-order valence-electron chi connectivity index (χ0n) is 8.89. The molecule has 92 valence electrons. The van der Waals surface area contributed by atoms with Gasteiger partial charge in [0, 0.05) is 26.2 Å². The molecule has 17 heavy (non-hydrogen) atoms. The molecule has 0 aliphatic carbocycles. The highest BCUT2D eigenvalue weighted by Crippen LogP contribution is 2.24. The van der Waals surface area contributed by atoms with Gasteiger partial charge in [-0.1, -0.05) is 11.6 Å². The van der Waals surface area contributed by atoms with Gasteiger partial charge in [-0.3, -0.25) is 0 Å². The summed E-state index contributed by atoms with van der Waals surface area (Å²) in [5, 5.41) is 8.62. The Hall–Kier alpha value is -0.680. The summed E-state index contributed by atoms with van der Waals surface area (Å²) in [6.07, 6.45) is 1.32. The predicted molar refractivity (Wildman–Crippen MR) is 67.0 cm³/mol. The van der Waals surface area contributed by atoms with Crippen molar-refractivity contribution in [1.29, 1.82) is 5.26 Å². The molecule has 0 aliphatic heterocycles. The van der Waals surface area contributed by atoms with E-state index in [0.717, 1.165) is 4.31 Å². The standard InChI is InChI=1S/C9H9BrClN3O2S/c1-14(4-2-3-12)17(15,16)7-5-8(10)9(11)13-6-7/h5-6H,2,4H2,1H3. The second-order valence-electron chi connectivity index (χ2n) is 3.18. The van der Waals surface area contributed by atoms with Gasteiger partial charge < -0.3 is 0 Å². The number of hydrogen-bond acceptors (Lipinski definition) is 4. The van der Waals surface area contributed by atoms with Gasteiger partial charge in [0.15, 0.2) is 0 Å². The molecule has 1 aromatic rings. The smallest absolute Gasteiger partial charge is 0.242 e. The summed E-state index contributed by atoms with van der Waals surface area (Å²) < 4.78 is 25.5. The monoisotopic (exact) mass is 337 g/mol. The molecule has 0 unspecified atom stereocenters. The lowest BCUT2D eigenvalue weighted by Gasteiger charge is -2.15. The van der Waals surface area contributed by atoms with E-state index in [1.54, 1.807) is 0 Å². The Balaban J connectivity index is 3.05. The van der Waals surface area contributed by atoms with E-state index in [4.69, 9.17) is 16.9 Å². The summed E-state index contributed by atoms with van der Waals surface area (Å²) in [6.45, 7) is 0.138. The second kappa shape index (κ2) is 5.78. The van der Waals surface area contributed by atoms with Gasteiger partial charge in [-0.05, 0) is 22.0 Å². The van der Waals surface area contributed by atoms with Crippen LogP contribution in [0.1, 0.15) is 6.42 Å². The molecular formula is C9H9BrClN3O2S. The Morgan fingerprint density at radius 1 is 1.65 bits per heavy atom. The number of hydrogen-bond donors (Lipinski definition) is 0. The van der Waals surface area contributed by atoms with Crippen molar-refractivity contribution in [2.75, 3.05) is 13.6 Å². The molecule has 0 saturated carbocycles. The predicted octanol–water partition coefficient (Wildman–Crippen LogP) is 2.03. The van der Waals surface area contributed by atoms with E-state index in [0.29, 0.717) is 4.47 Å². The lowest BCUT2D eigenvalue weighted by Crippen LogP contribution is -2.27. The molecule has 5 nitrogen and oxygen atoms in total. The van der Waals surface area contributed by atoms with Crippen LogP contribution in [0, 0.1) is 11.3 Å². The van der Waals surface area contributed by atoms with Crippen LogP contribution in [-0.4, -0.2) is 31.3 Å². The fraction of sp³-hybridized carbons (Fsp3) is 0.333. The Kier molecular flexibility index (Phi) is 4.89. The molecule has 0 radical (unpaired) electrons. The lowest BCUT2D eigenvalue weighted by atomic mass is 10.5. The van der Waals surface area contributed by atoms with Crippen LogP contribution >= 0.6 is 27.5 Å². The summed E-state index contributed by atoms with van der Waals surface area (Å²) in [6, 6.07) is 3.27. The van der Waals surface area contributed by atoms with Gasteiger partial charge in [0.2, 0.25) is 10.0 Å². The first-order valence-corrected chi connectivity index (χ1v) is 7.15. The van der Waals surface area contributed by atoms with Crippen LogP contribution in [0.3, 0.4) is 0 Å². The first-order valence-electron chi connectivity index (χ1n) is 4.54. The Morgan fingerprint density at radius 2 is 2.29 bits per heavy atom. The highest BCUT2D eigenvalue weighted by Gasteiger charge is 2.21. The lowest BCUT2D eigenvalue weighted by molar-refractivity contribution is 0.476. The molecule has 0 aliphatic rings. The first-order chi connectivity index (χ1) is 7.89. The molecule has 8 heteroatoms. The van der Waals surface area contributed by atoms with E-state index in [1.807, 2.05) is 6.07 Å². The van der Waals surface area contributed by atoms with Crippen molar-refractivity contribution >= 4 is 37.6 Å². The average Bonchev–Trinajstić information content (AvgIpc) is 2.29. The molecule has 1 rings (SSSR count). The van der Waals surface area contributed by atoms with Gasteiger partial charge in [-0.2, -0.15) is 9.57 Å². The quantitative estimate of drug-likeness (QED) is 0.787. The van der Waals surface area contributed by atoms with Crippen molar-refractivity contribution in [2.45, 2.75) is 11.3 Å². The molecular weight excluding hydrogens is 330 g/mol.